The first-order chi connectivity index (χ1) is 15.6. The summed E-state index contributed by atoms with van der Waals surface area (Å²) in [6, 6.07) is 11.8. The molecular formula is C24H36IN5O3. The summed E-state index contributed by atoms with van der Waals surface area (Å²) in [5.74, 6) is 2.01. The standard InChI is InChI=1S/C24H35N5O3.HI/c1-4-25-24(27-16-23(30)18-13-21(31-2)15-22(14-18)32-3)28-19-8-11-29(12-9-19)17-20-7-5-6-10-26-20;/h5-7,10,13-15,19,23,30H,4,8-9,11-12,16-17H2,1-3H3,(H2,25,27,28);1H. The Labute approximate surface area is 213 Å². The van der Waals surface area contributed by atoms with Crippen LogP contribution in [0.2, 0.25) is 0 Å². The molecular weight excluding hydrogens is 533 g/mol. The van der Waals surface area contributed by atoms with E-state index in [1.165, 1.54) is 0 Å². The highest BCUT2D eigenvalue weighted by molar-refractivity contribution is 14.0. The molecule has 182 valence electrons. The molecule has 1 fully saturated rings. The number of aliphatic imine (C=N–C) groups is 1. The van der Waals surface area contributed by atoms with Crippen LogP contribution in [0.25, 0.3) is 0 Å². The maximum atomic E-state index is 10.7. The number of rotatable bonds is 9. The zero-order valence-electron chi connectivity index (χ0n) is 19.7. The molecule has 0 radical (unpaired) electrons. The van der Waals surface area contributed by atoms with Gasteiger partial charge in [-0.3, -0.25) is 14.9 Å². The Morgan fingerprint density at radius 3 is 2.45 bits per heavy atom. The fourth-order valence-electron chi connectivity index (χ4n) is 3.77. The summed E-state index contributed by atoms with van der Waals surface area (Å²) in [4.78, 5) is 11.5. The topological polar surface area (TPSA) is 91.2 Å². The fraction of sp³-hybridized carbons (Fsp3) is 0.500. The largest absolute Gasteiger partial charge is 0.497 e. The number of hydrogen-bond donors (Lipinski definition) is 3. The van der Waals surface area contributed by atoms with Crippen LogP contribution < -0.4 is 20.1 Å². The Morgan fingerprint density at radius 2 is 1.88 bits per heavy atom. The van der Waals surface area contributed by atoms with E-state index in [0.717, 1.165) is 50.7 Å². The Balaban J connectivity index is 0.00000385. The van der Waals surface area contributed by atoms with Crippen LogP contribution in [-0.2, 0) is 6.54 Å². The van der Waals surface area contributed by atoms with Gasteiger partial charge >= 0.3 is 0 Å². The van der Waals surface area contributed by atoms with Crippen LogP contribution in [0.15, 0.2) is 47.6 Å². The molecule has 3 rings (SSSR count). The first kappa shape index (κ1) is 27.1. The number of ether oxygens (including phenoxy) is 2. The van der Waals surface area contributed by atoms with Gasteiger partial charge in [-0.15, -0.1) is 24.0 Å². The van der Waals surface area contributed by atoms with E-state index in [1.54, 1.807) is 32.4 Å². The number of aliphatic hydroxyl groups excluding tert-OH is 1. The molecule has 0 aliphatic carbocycles. The summed E-state index contributed by atoms with van der Waals surface area (Å²) in [5, 5.41) is 17.5. The SMILES string of the molecule is CCNC(=NCC(O)c1cc(OC)cc(OC)c1)NC1CCN(Cc2ccccn2)CC1.I. The molecule has 3 N–H and O–H groups in total. The monoisotopic (exact) mass is 569 g/mol. The predicted octanol–water partition coefficient (Wildman–Crippen LogP) is 2.97. The summed E-state index contributed by atoms with van der Waals surface area (Å²) < 4.78 is 10.6. The predicted molar refractivity (Wildman–Crippen MR) is 142 cm³/mol. The van der Waals surface area contributed by atoms with Gasteiger partial charge in [0.25, 0.3) is 0 Å². The molecule has 33 heavy (non-hydrogen) atoms. The average Bonchev–Trinajstić information content (AvgIpc) is 2.84. The molecule has 1 aromatic heterocycles. The van der Waals surface area contributed by atoms with Crippen LogP contribution in [0, 0.1) is 0 Å². The van der Waals surface area contributed by atoms with Crippen molar-refractivity contribution < 1.29 is 14.6 Å². The lowest BCUT2D eigenvalue weighted by Crippen LogP contribution is -2.48. The molecule has 1 aromatic carbocycles. The van der Waals surface area contributed by atoms with E-state index in [1.807, 2.05) is 25.3 Å². The van der Waals surface area contributed by atoms with Crippen molar-refractivity contribution in [3.63, 3.8) is 0 Å². The zero-order chi connectivity index (χ0) is 22.8. The van der Waals surface area contributed by atoms with Crippen LogP contribution in [-0.4, -0.2) is 67.4 Å². The smallest absolute Gasteiger partial charge is 0.191 e. The third-order valence-electron chi connectivity index (χ3n) is 5.57. The quantitative estimate of drug-likeness (QED) is 0.243. The van der Waals surface area contributed by atoms with E-state index in [-0.39, 0.29) is 30.5 Å². The lowest BCUT2D eigenvalue weighted by Gasteiger charge is -2.32. The minimum absolute atomic E-state index is 0. The van der Waals surface area contributed by atoms with Gasteiger partial charge < -0.3 is 25.2 Å². The Bertz CT molecular complexity index is 838. The van der Waals surface area contributed by atoms with Crippen molar-refractivity contribution in [1.82, 2.24) is 20.5 Å². The second-order valence-electron chi connectivity index (χ2n) is 7.90. The van der Waals surface area contributed by atoms with Crippen molar-refractivity contribution in [3.05, 3.63) is 53.9 Å². The van der Waals surface area contributed by atoms with Crippen molar-refractivity contribution in [2.24, 2.45) is 4.99 Å². The van der Waals surface area contributed by atoms with Crippen molar-refractivity contribution in [2.75, 3.05) is 40.4 Å². The molecule has 0 spiro atoms. The lowest BCUT2D eigenvalue weighted by atomic mass is 10.0. The van der Waals surface area contributed by atoms with Crippen molar-refractivity contribution in [1.29, 1.82) is 0 Å². The van der Waals surface area contributed by atoms with Crippen molar-refractivity contribution in [2.45, 2.75) is 38.5 Å². The number of piperidine rings is 1. The number of methoxy groups -OCH3 is 2. The second kappa shape index (κ2) is 14.2. The Hall–Kier alpha value is -2.11. The normalized spacial score (nSPS) is 15.9. The van der Waals surface area contributed by atoms with Crippen LogP contribution in [0.1, 0.15) is 37.1 Å². The zero-order valence-corrected chi connectivity index (χ0v) is 22.0. The molecule has 9 heteroatoms. The molecule has 1 unspecified atom stereocenters. The van der Waals surface area contributed by atoms with Gasteiger partial charge in [0.05, 0.1) is 32.6 Å². The highest BCUT2D eigenvalue weighted by Gasteiger charge is 2.20. The third kappa shape index (κ3) is 8.63. The summed E-state index contributed by atoms with van der Waals surface area (Å²) in [6.45, 7) is 5.95. The van der Waals surface area contributed by atoms with E-state index in [4.69, 9.17) is 9.47 Å². The lowest BCUT2D eigenvalue weighted by molar-refractivity contribution is 0.185. The number of guanidine groups is 1. The number of benzene rings is 1. The van der Waals surface area contributed by atoms with Crippen LogP contribution in [0.5, 0.6) is 11.5 Å². The molecule has 1 aliphatic rings. The van der Waals surface area contributed by atoms with E-state index >= 15 is 0 Å². The maximum Gasteiger partial charge on any atom is 0.191 e. The molecule has 2 heterocycles. The van der Waals surface area contributed by atoms with Crippen LogP contribution in [0.3, 0.4) is 0 Å². The fourth-order valence-corrected chi connectivity index (χ4v) is 3.77. The van der Waals surface area contributed by atoms with Crippen LogP contribution in [0.4, 0.5) is 0 Å². The van der Waals surface area contributed by atoms with Gasteiger partial charge in [0.15, 0.2) is 5.96 Å². The summed E-state index contributed by atoms with van der Waals surface area (Å²) in [5.41, 5.74) is 1.82. The molecule has 1 aliphatic heterocycles. The van der Waals surface area contributed by atoms with Gasteiger partial charge in [0.2, 0.25) is 0 Å². The molecule has 0 bridgehead atoms. The Morgan fingerprint density at radius 1 is 1.18 bits per heavy atom. The highest BCUT2D eigenvalue weighted by atomic mass is 127. The van der Waals surface area contributed by atoms with Gasteiger partial charge in [-0.25, -0.2) is 0 Å². The molecule has 1 atom stereocenters. The number of aromatic nitrogens is 1. The van der Waals surface area contributed by atoms with Gasteiger partial charge in [-0.05, 0) is 49.6 Å². The van der Waals surface area contributed by atoms with Gasteiger partial charge in [0.1, 0.15) is 11.5 Å². The number of nitrogens with one attached hydrogen (secondary N) is 2. The summed E-state index contributed by atoms with van der Waals surface area (Å²) >= 11 is 0. The number of nitrogens with zero attached hydrogens (tertiary/aromatic N) is 3. The summed E-state index contributed by atoms with van der Waals surface area (Å²) in [6.07, 6.45) is 3.16. The maximum absolute atomic E-state index is 10.7. The number of aliphatic hydroxyl groups is 1. The van der Waals surface area contributed by atoms with Crippen LogP contribution >= 0.6 is 24.0 Å². The average molecular weight is 569 g/mol. The van der Waals surface area contributed by atoms with Gasteiger partial charge in [-0.2, -0.15) is 0 Å². The van der Waals surface area contributed by atoms with E-state index < -0.39 is 6.10 Å². The van der Waals surface area contributed by atoms with Gasteiger partial charge in [0, 0.05) is 44.5 Å². The molecule has 8 nitrogen and oxygen atoms in total. The third-order valence-corrected chi connectivity index (χ3v) is 5.57. The van der Waals surface area contributed by atoms with Gasteiger partial charge in [-0.1, -0.05) is 6.07 Å². The number of pyridine rings is 1. The van der Waals surface area contributed by atoms with E-state index in [2.05, 4.69) is 31.6 Å². The molecule has 2 aromatic rings. The minimum Gasteiger partial charge on any atom is -0.497 e. The second-order valence-corrected chi connectivity index (χ2v) is 7.90. The van der Waals surface area contributed by atoms with E-state index in [9.17, 15) is 5.11 Å². The first-order valence-corrected chi connectivity index (χ1v) is 11.2. The van der Waals surface area contributed by atoms with Crippen molar-refractivity contribution >= 4 is 29.9 Å². The highest BCUT2D eigenvalue weighted by Crippen LogP contribution is 2.26. The van der Waals surface area contributed by atoms with E-state index in [0.29, 0.717) is 23.1 Å². The molecule has 0 amide bonds. The molecule has 0 saturated carbocycles. The first-order valence-electron chi connectivity index (χ1n) is 11.2. The summed E-state index contributed by atoms with van der Waals surface area (Å²) in [7, 11) is 3.19. The van der Waals surface area contributed by atoms with Crippen molar-refractivity contribution in [3.8, 4) is 11.5 Å². The molecule has 1 saturated heterocycles. The minimum atomic E-state index is -0.755. The number of halogens is 1. The number of likely N-dealkylation sites (tertiary alicyclic amines) is 1. The number of hydrogen-bond acceptors (Lipinski definition) is 6. The Kier molecular flexibility index (Phi) is 11.7.